The van der Waals surface area contributed by atoms with Gasteiger partial charge in [-0.05, 0) is 12.0 Å². The van der Waals surface area contributed by atoms with Gasteiger partial charge in [-0.3, -0.25) is 9.36 Å². The molecule has 8 heteroatoms. The third-order valence-electron chi connectivity index (χ3n) is 3.94. The Morgan fingerprint density at radius 2 is 2.04 bits per heavy atom. The maximum absolute atomic E-state index is 12.3. The Balaban J connectivity index is 1.89. The molecule has 0 spiro atoms. The number of aromatic amines is 1. The number of unbranched alkanes of at least 4 members (excludes halogenated alkanes) is 1. The number of hydrogen-bond donors (Lipinski definition) is 2. The molecule has 0 aliphatic heterocycles. The minimum Gasteiger partial charge on any atom is -0.465 e. The number of carbonyl (C=O) groups excluding carboxylic acids is 1. The zero-order chi connectivity index (χ0) is 18.5. The Bertz CT molecular complexity index is 962. The lowest BCUT2D eigenvalue weighted by Crippen LogP contribution is -2.18. The molecule has 8 nitrogen and oxygen atoms in total. The molecule has 136 valence electrons. The molecule has 0 bridgehead atoms. The van der Waals surface area contributed by atoms with E-state index in [2.05, 4.69) is 15.0 Å². The molecule has 0 atom stereocenters. The first kappa shape index (κ1) is 17.7. The molecule has 0 unspecified atom stereocenters. The zero-order valence-corrected chi connectivity index (χ0v) is 14.6. The van der Waals surface area contributed by atoms with Crippen molar-refractivity contribution in [1.29, 1.82) is 0 Å². The average Bonchev–Trinajstić information content (AvgIpc) is 2.93. The van der Waals surface area contributed by atoms with Crippen molar-refractivity contribution in [3.05, 3.63) is 52.2 Å². The monoisotopic (exact) mass is 355 g/mol. The summed E-state index contributed by atoms with van der Waals surface area (Å²) in [5, 5.41) is 0. The molecular formula is C18H21N5O3. The Hall–Kier alpha value is -3.16. The van der Waals surface area contributed by atoms with E-state index >= 15 is 0 Å². The van der Waals surface area contributed by atoms with Crippen LogP contribution in [0.4, 0.5) is 5.82 Å². The number of hydrogen-bond acceptors (Lipinski definition) is 6. The molecule has 0 saturated carbocycles. The number of nitrogen functional groups attached to an aromatic ring is 1. The van der Waals surface area contributed by atoms with E-state index in [0.717, 1.165) is 18.4 Å². The minimum atomic E-state index is -0.412. The van der Waals surface area contributed by atoms with Crippen LogP contribution >= 0.6 is 0 Å². The van der Waals surface area contributed by atoms with Gasteiger partial charge in [0.05, 0.1) is 13.2 Å². The highest BCUT2D eigenvalue weighted by molar-refractivity contribution is 5.82. The minimum absolute atomic E-state index is 0.0887. The van der Waals surface area contributed by atoms with Crippen molar-refractivity contribution in [3.63, 3.8) is 0 Å². The lowest BCUT2D eigenvalue weighted by Gasteiger charge is -2.06. The number of aromatic nitrogens is 4. The van der Waals surface area contributed by atoms with Gasteiger partial charge in [0.25, 0.3) is 0 Å². The lowest BCUT2D eigenvalue weighted by molar-refractivity contribution is -0.143. The SMILES string of the molecule is CCCCOC(=O)Cc1nc(N)c2[nH]c(=O)n(Cc3ccccc3)c2n1. The van der Waals surface area contributed by atoms with E-state index in [4.69, 9.17) is 10.5 Å². The average molecular weight is 355 g/mol. The van der Waals surface area contributed by atoms with Gasteiger partial charge < -0.3 is 15.5 Å². The number of ether oxygens (including phenoxy) is 1. The van der Waals surface area contributed by atoms with Gasteiger partial charge >= 0.3 is 11.7 Å². The van der Waals surface area contributed by atoms with Gasteiger partial charge in [-0.1, -0.05) is 43.7 Å². The molecule has 0 saturated heterocycles. The number of benzene rings is 1. The van der Waals surface area contributed by atoms with E-state index in [1.165, 1.54) is 4.57 Å². The molecule has 3 aromatic rings. The van der Waals surface area contributed by atoms with Gasteiger partial charge in [-0.2, -0.15) is 0 Å². The number of nitrogens with two attached hydrogens (primary N) is 1. The summed E-state index contributed by atoms with van der Waals surface area (Å²) in [5.74, 6) is -0.0442. The van der Waals surface area contributed by atoms with Gasteiger partial charge in [0, 0.05) is 0 Å². The van der Waals surface area contributed by atoms with Crippen LogP contribution in [-0.4, -0.2) is 32.1 Å². The largest absolute Gasteiger partial charge is 0.465 e. The Kier molecular flexibility index (Phi) is 5.31. The van der Waals surface area contributed by atoms with Crippen molar-refractivity contribution >= 4 is 23.0 Å². The smallest absolute Gasteiger partial charge is 0.328 e. The predicted molar refractivity (Wildman–Crippen MR) is 97.7 cm³/mol. The van der Waals surface area contributed by atoms with Crippen molar-refractivity contribution in [2.24, 2.45) is 0 Å². The second kappa shape index (κ2) is 7.81. The van der Waals surface area contributed by atoms with Crippen molar-refractivity contribution in [3.8, 4) is 0 Å². The van der Waals surface area contributed by atoms with Crippen LogP contribution in [0.1, 0.15) is 31.2 Å². The molecular weight excluding hydrogens is 334 g/mol. The fourth-order valence-corrected chi connectivity index (χ4v) is 2.60. The molecule has 1 aromatic carbocycles. The van der Waals surface area contributed by atoms with Crippen LogP contribution in [0.15, 0.2) is 35.1 Å². The number of anilines is 1. The fraction of sp³-hybridized carbons (Fsp3) is 0.333. The highest BCUT2D eigenvalue weighted by Crippen LogP contribution is 2.16. The third-order valence-corrected chi connectivity index (χ3v) is 3.94. The number of rotatable bonds is 7. The molecule has 0 aliphatic carbocycles. The number of nitrogens with one attached hydrogen (secondary N) is 1. The Labute approximate surface area is 150 Å². The molecule has 0 aliphatic rings. The van der Waals surface area contributed by atoms with Crippen molar-refractivity contribution < 1.29 is 9.53 Å². The van der Waals surface area contributed by atoms with Crippen LogP contribution in [-0.2, 0) is 22.5 Å². The molecule has 0 amide bonds. The molecule has 0 radical (unpaired) electrons. The number of H-pyrrole nitrogens is 1. The molecule has 2 aromatic heterocycles. The molecule has 2 heterocycles. The molecule has 3 N–H and O–H groups in total. The van der Waals surface area contributed by atoms with Crippen LogP contribution in [0, 0.1) is 0 Å². The maximum Gasteiger partial charge on any atom is 0.328 e. The Morgan fingerprint density at radius 3 is 2.77 bits per heavy atom. The summed E-state index contributed by atoms with van der Waals surface area (Å²) in [4.78, 5) is 35.3. The summed E-state index contributed by atoms with van der Waals surface area (Å²) < 4.78 is 6.61. The van der Waals surface area contributed by atoms with Crippen LogP contribution in [0.25, 0.3) is 11.2 Å². The number of esters is 1. The van der Waals surface area contributed by atoms with E-state index in [1.54, 1.807) is 0 Å². The summed E-state index contributed by atoms with van der Waals surface area (Å²) in [6.45, 7) is 2.73. The first-order valence-electron chi connectivity index (χ1n) is 8.53. The van der Waals surface area contributed by atoms with Crippen LogP contribution in [0.2, 0.25) is 0 Å². The van der Waals surface area contributed by atoms with E-state index < -0.39 is 5.97 Å². The topological polar surface area (TPSA) is 116 Å². The predicted octanol–water partition coefficient (Wildman–Crippen LogP) is 1.64. The molecule has 3 rings (SSSR count). The van der Waals surface area contributed by atoms with Gasteiger partial charge in [0.1, 0.15) is 17.8 Å². The van der Waals surface area contributed by atoms with Gasteiger partial charge in [-0.25, -0.2) is 14.8 Å². The first-order valence-corrected chi connectivity index (χ1v) is 8.53. The standard InChI is InChI=1S/C18H21N5O3/c1-2-3-9-26-14(24)10-13-20-16(19)15-17(21-13)23(18(25)22-15)11-12-7-5-4-6-8-12/h4-8H,2-3,9-11H2,1H3,(H,22,25)(H2,19,20,21). The molecule has 26 heavy (non-hydrogen) atoms. The highest BCUT2D eigenvalue weighted by Gasteiger charge is 2.16. The van der Waals surface area contributed by atoms with Crippen LogP contribution in [0.3, 0.4) is 0 Å². The summed E-state index contributed by atoms with van der Waals surface area (Å²) in [6.07, 6.45) is 1.66. The number of carbonyl (C=O) groups is 1. The second-order valence-electron chi connectivity index (χ2n) is 5.98. The van der Waals surface area contributed by atoms with Crippen LogP contribution < -0.4 is 11.4 Å². The highest BCUT2D eigenvalue weighted by atomic mass is 16.5. The lowest BCUT2D eigenvalue weighted by atomic mass is 10.2. The number of imidazole rings is 1. The van der Waals surface area contributed by atoms with E-state index in [0.29, 0.717) is 24.3 Å². The van der Waals surface area contributed by atoms with Gasteiger partial charge in [0.2, 0.25) is 0 Å². The second-order valence-corrected chi connectivity index (χ2v) is 5.98. The van der Waals surface area contributed by atoms with Crippen molar-refractivity contribution in [1.82, 2.24) is 19.5 Å². The summed E-state index contributed by atoms with van der Waals surface area (Å²) >= 11 is 0. The fourth-order valence-electron chi connectivity index (χ4n) is 2.60. The molecule has 0 fully saturated rings. The summed E-state index contributed by atoms with van der Waals surface area (Å²) in [5.41, 5.74) is 7.32. The quantitative estimate of drug-likeness (QED) is 0.492. The summed E-state index contributed by atoms with van der Waals surface area (Å²) in [7, 11) is 0. The van der Waals surface area contributed by atoms with Gasteiger partial charge in [-0.15, -0.1) is 0 Å². The Morgan fingerprint density at radius 1 is 1.27 bits per heavy atom. The van der Waals surface area contributed by atoms with E-state index in [-0.39, 0.29) is 23.8 Å². The zero-order valence-electron chi connectivity index (χ0n) is 14.6. The van der Waals surface area contributed by atoms with Crippen molar-refractivity contribution in [2.75, 3.05) is 12.3 Å². The van der Waals surface area contributed by atoms with Crippen LogP contribution in [0.5, 0.6) is 0 Å². The normalized spacial score (nSPS) is 11.0. The summed E-state index contributed by atoms with van der Waals surface area (Å²) in [6, 6.07) is 9.54. The number of fused-ring (bicyclic) bond motifs is 1. The first-order chi connectivity index (χ1) is 12.6. The maximum atomic E-state index is 12.3. The van der Waals surface area contributed by atoms with E-state index in [1.807, 2.05) is 37.3 Å². The third kappa shape index (κ3) is 3.90. The number of nitrogens with zero attached hydrogens (tertiary/aromatic N) is 3. The van der Waals surface area contributed by atoms with E-state index in [9.17, 15) is 9.59 Å². The van der Waals surface area contributed by atoms with Gasteiger partial charge in [0.15, 0.2) is 11.5 Å². The van der Waals surface area contributed by atoms with Crippen molar-refractivity contribution in [2.45, 2.75) is 32.7 Å².